The van der Waals surface area contributed by atoms with Crippen LogP contribution in [0.1, 0.15) is 16.8 Å². The predicted octanol–water partition coefficient (Wildman–Crippen LogP) is 3.39. The molecule has 4 heteroatoms. The Labute approximate surface area is 99.9 Å². The van der Waals surface area contributed by atoms with Crippen molar-refractivity contribution in [1.82, 2.24) is 0 Å². The standard InChI is InChI=1S/C10H10Br2O2/c11-6-1-7-14-9-4-2-8(3-5-9)10(12)13/h2-5H,1,6-7H2. The van der Waals surface area contributed by atoms with Crippen molar-refractivity contribution in [2.45, 2.75) is 6.42 Å². The highest BCUT2D eigenvalue weighted by molar-refractivity contribution is 9.18. The second-order valence-electron chi connectivity index (χ2n) is 2.69. The maximum absolute atomic E-state index is 10.9. The van der Waals surface area contributed by atoms with Crippen LogP contribution in [0.4, 0.5) is 0 Å². The smallest absolute Gasteiger partial charge is 0.228 e. The summed E-state index contributed by atoms with van der Waals surface area (Å²) in [5.41, 5.74) is 0.637. The molecule has 0 atom stereocenters. The third kappa shape index (κ3) is 3.80. The SMILES string of the molecule is O=C(Br)c1ccc(OCCCBr)cc1. The maximum Gasteiger partial charge on any atom is 0.228 e. The first-order valence-electron chi connectivity index (χ1n) is 4.22. The number of alkyl halides is 1. The molecule has 0 unspecified atom stereocenters. The van der Waals surface area contributed by atoms with Crippen LogP contribution in [0.5, 0.6) is 5.75 Å². The minimum atomic E-state index is -0.107. The molecule has 0 aliphatic heterocycles. The molecule has 14 heavy (non-hydrogen) atoms. The van der Waals surface area contributed by atoms with Crippen LogP contribution in [0.15, 0.2) is 24.3 Å². The Morgan fingerprint density at radius 3 is 2.43 bits per heavy atom. The van der Waals surface area contributed by atoms with E-state index < -0.39 is 0 Å². The fourth-order valence-electron chi connectivity index (χ4n) is 0.927. The van der Waals surface area contributed by atoms with Crippen molar-refractivity contribution in [1.29, 1.82) is 0 Å². The van der Waals surface area contributed by atoms with Gasteiger partial charge in [0, 0.05) is 10.9 Å². The summed E-state index contributed by atoms with van der Waals surface area (Å²) in [6.07, 6.45) is 0.971. The van der Waals surface area contributed by atoms with Crippen LogP contribution in [0.25, 0.3) is 0 Å². The Bertz CT molecular complexity index is 295. The molecular formula is C10H10Br2O2. The molecule has 0 aliphatic carbocycles. The van der Waals surface area contributed by atoms with Crippen LogP contribution in [-0.2, 0) is 0 Å². The molecule has 0 spiro atoms. The van der Waals surface area contributed by atoms with E-state index in [-0.39, 0.29) is 4.69 Å². The number of ether oxygens (including phenoxy) is 1. The van der Waals surface area contributed by atoms with E-state index in [4.69, 9.17) is 4.74 Å². The van der Waals surface area contributed by atoms with Crippen molar-refractivity contribution in [3.63, 3.8) is 0 Å². The molecule has 0 saturated carbocycles. The molecular weight excluding hydrogens is 312 g/mol. The van der Waals surface area contributed by atoms with Crippen LogP contribution in [0.3, 0.4) is 0 Å². The number of benzene rings is 1. The first-order valence-corrected chi connectivity index (χ1v) is 6.14. The van der Waals surface area contributed by atoms with E-state index in [2.05, 4.69) is 31.9 Å². The summed E-state index contributed by atoms with van der Waals surface area (Å²) >= 11 is 6.21. The van der Waals surface area contributed by atoms with Crippen molar-refractivity contribution >= 4 is 36.6 Å². The number of halogens is 2. The van der Waals surface area contributed by atoms with Gasteiger partial charge < -0.3 is 4.74 Å². The molecule has 0 saturated heterocycles. The second-order valence-corrected chi connectivity index (χ2v) is 4.20. The molecule has 76 valence electrons. The van der Waals surface area contributed by atoms with Gasteiger partial charge in [0.05, 0.1) is 6.61 Å². The molecule has 0 amide bonds. The summed E-state index contributed by atoms with van der Waals surface area (Å²) in [5, 5.41) is 0.935. The molecule has 0 aromatic heterocycles. The lowest BCUT2D eigenvalue weighted by molar-refractivity contribution is 0.109. The summed E-state index contributed by atoms with van der Waals surface area (Å²) in [7, 11) is 0. The number of hydrogen-bond acceptors (Lipinski definition) is 2. The molecule has 1 aromatic rings. The average molecular weight is 322 g/mol. The van der Waals surface area contributed by atoms with Crippen LogP contribution in [0.2, 0.25) is 0 Å². The minimum absolute atomic E-state index is 0.107. The number of rotatable bonds is 5. The number of carbonyl (C=O) groups is 1. The molecule has 1 aromatic carbocycles. The Kier molecular flexibility index (Phi) is 5.19. The summed E-state index contributed by atoms with van der Waals surface area (Å²) < 4.78 is 5.32. The highest BCUT2D eigenvalue weighted by Crippen LogP contribution is 2.14. The van der Waals surface area contributed by atoms with Crippen molar-refractivity contribution in [3.05, 3.63) is 29.8 Å². The lowest BCUT2D eigenvalue weighted by Gasteiger charge is -2.04. The normalized spacial score (nSPS) is 9.86. The fraction of sp³-hybridized carbons (Fsp3) is 0.300. The molecule has 0 bridgehead atoms. The second kappa shape index (κ2) is 6.19. The molecule has 0 heterocycles. The molecule has 0 radical (unpaired) electrons. The summed E-state index contributed by atoms with van der Waals surface area (Å²) in [4.78, 5) is 10.9. The highest BCUT2D eigenvalue weighted by atomic mass is 79.9. The zero-order chi connectivity index (χ0) is 10.4. The van der Waals surface area contributed by atoms with Crippen molar-refractivity contribution in [3.8, 4) is 5.75 Å². The number of hydrogen-bond donors (Lipinski definition) is 0. The van der Waals surface area contributed by atoms with Crippen LogP contribution >= 0.6 is 31.9 Å². The van der Waals surface area contributed by atoms with E-state index in [0.29, 0.717) is 12.2 Å². The van der Waals surface area contributed by atoms with Gasteiger partial charge in [-0.15, -0.1) is 0 Å². The van der Waals surface area contributed by atoms with Crippen molar-refractivity contribution in [2.24, 2.45) is 0 Å². The van der Waals surface area contributed by atoms with Crippen LogP contribution in [0, 0.1) is 0 Å². The Balaban J connectivity index is 2.51. The van der Waals surface area contributed by atoms with Gasteiger partial charge in [0.15, 0.2) is 0 Å². The summed E-state index contributed by atoms with van der Waals surface area (Å²) in [6.45, 7) is 0.687. The van der Waals surface area contributed by atoms with Gasteiger partial charge in [-0.1, -0.05) is 15.9 Å². The minimum Gasteiger partial charge on any atom is -0.494 e. The van der Waals surface area contributed by atoms with Gasteiger partial charge in [0.2, 0.25) is 4.69 Å². The van der Waals surface area contributed by atoms with Gasteiger partial charge in [-0.05, 0) is 46.6 Å². The monoisotopic (exact) mass is 320 g/mol. The highest BCUT2D eigenvalue weighted by Gasteiger charge is 2.00. The largest absolute Gasteiger partial charge is 0.494 e. The summed E-state index contributed by atoms with van der Waals surface area (Å²) in [6, 6.07) is 7.06. The quantitative estimate of drug-likeness (QED) is 0.472. The first kappa shape index (κ1) is 11.7. The molecule has 1 rings (SSSR count). The lowest BCUT2D eigenvalue weighted by atomic mass is 10.2. The number of carbonyl (C=O) groups excluding carboxylic acids is 1. The van der Waals surface area contributed by atoms with E-state index in [0.717, 1.165) is 17.5 Å². The van der Waals surface area contributed by atoms with E-state index in [1.807, 2.05) is 0 Å². The van der Waals surface area contributed by atoms with E-state index in [1.165, 1.54) is 0 Å². The van der Waals surface area contributed by atoms with E-state index >= 15 is 0 Å². The first-order chi connectivity index (χ1) is 6.74. The van der Waals surface area contributed by atoms with Gasteiger partial charge in [-0.2, -0.15) is 0 Å². The van der Waals surface area contributed by atoms with Gasteiger partial charge in [-0.3, -0.25) is 4.79 Å². The topological polar surface area (TPSA) is 26.3 Å². The average Bonchev–Trinajstić information content (AvgIpc) is 2.19. The van der Waals surface area contributed by atoms with Gasteiger partial charge in [-0.25, -0.2) is 0 Å². The van der Waals surface area contributed by atoms with Gasteiger partial charge >= 0.3 is 0 Å². The van der Waals surface area contributed by atoms with Gasteiger partial charge in [0.25, 0.3) is 0 Å². The van der Waals surface area contributed by atoms with Gasteiger partial charge in [0.1, 0.15) is 5.75 Å². The fourth-order valence-corrected chi connectivity index (χ4v) is 1.42. The molecule has 0 aliphatic rings. The molecule has 0 N–H and O–H groups in total. The Morgan fingerprint density at radius 1 is 1.29 bits per heavy atom. The van der Waals surface area contributed by atoms with Crippen molar-refractivity contribution in [2.75, 3.05) is 11.9 Å². The third-order valence-electron chi connectivity index (χ3n) is 1.63. The predicted molar refractivity (Wildman–Crippen MR) is 63.6 cm³/mol. The van der Waals surface area contributed by atoms with E-state index in [9.17, 15) is 4.79 Å². The lowest BCUT2D eigenvalue weighted by Crippen LogP contribution is -1.97. The zero-order valence-corrected chi connectivity index (χ0v) is 10.7. The Hall–Kier alpha value is -0.350. The van der Waals surface area contributed by atoms with Crippen molar-refractivity contribution < 1.29 is 9.53 Å². The van der Waals surface area contributed by atoms with Crippen LogP contribution < -0.4 is 4.74 Å². The Morgan fingerprint density at radius 2 is 1.93 bits per heavy atom. The maximum atomic E-state index is 10.9. The van der Waals surface area contributed by atoms with Crippen LogP contribution in [-0.4, -0.2) is 16.6 Å². The molecule has 0 fully saturated rings. The van der Waals surface area contributed by atoms with E-state index in [1.54, 1.807) is 24.3 Å². The third-order valence-corrected chi connectivity index (χ3v) is 2.65. The zero-order valence-electron chi connectivity index (χ0n) is 7.50. The molecule has 2 nitrogen and oxygen atoms in total. The summed E-state index contributed by atoms with van der Waals surface area (Å²) in [5.74, 6) is 0.795.